The van der Waals surface area contributed by atoms with Crippen LogP contribution in [-0.4, -0.2) is 39.6 Å². The zero-order valence-electron chi connectivity index (χ0n) is 12.5. The molecule has 0 fully saturated rings. The van der Waals surface area contributed by atoms with Crippen molar-refractivity contribution < 1.29 is 13.2 Å². The Hall–Kier alpha value is -0.760. The predicted molar refractivity (Wildman–Crippen MR) is 88.4 cm³/mol. The molecule has 1 aromatic rings. The number of hydrogen-bond acceptors (Lipinski definition) is 5. The molecule has 0 aliphatic carbocycles. The topological polar surface area (TPSA) is 81.4 Å². The summed E-state index contributed by atoms with van der Waals surface area (Å²) in [5.41, 5.74) is 5.39. The van der Waals surface area contributed by atoms with Gasteiger partial charge in [-0.1, -0.05) is 6.92 Å². The third-order valence-electron chi connectivity index (χ3n) is 2.93. The van der Waals surface area contributed by atoms with Crippen LogP contribution in [0.4, 0.5) is 0 Å². The van der Waals surface area contributed by atoms with Crippen LogP contribution in [0.5, 0.6) is 5.75 Å². The fourth-order valence-electron chi connectivity index (χ4n) is 1.71. The lowest BCUT2D eigenvalue weighted by Crippen LogP contribution is -2.36. The Morgan fingerprint density at radius 1 is 1.33 bits per heavy atom. The van der Waals surface area contributed by atoms with Gasteiger partial charge in [-0.15, -0.1) is 0 Å². The summed E-state index contributed by atoms with van der Waals surface area (Å²) in [5, 5.41) is 0. The third-order valence-corrected chi connectivity index (χ3v) is 5.21. The number of benzene rings is 1. The summed E-state index contributed by atoms with van der Waals surface area (Å²) in [5.74, 6) is 1.41. The van der Waals surface area contributed by atoms with Gasteiger partial charge in [-0.25, -0.2) is 13.1 Å². The summed E-state index contributed by atoms with van der Waals surface area (Å²) in [4.78, 5) is 0.258. The minimum absolute atomic E-state index is 0.0505. The highest BCUT2D eigenvalue weighted by Gasteiger charge is 2.18. The fraction of sp³-hybridized carbons (Fsp3) is 0.571. The zero-order chi connectivity index (χ0) is 15.7. The van der Waals surface area contributed by atoms with Crippen molar-refractivity contribution in [3.63, 3.8) is 0 Å². The second kappa shape index (κ2) is 9.30. The summed E-state index contributed by atoms with van der Waals surface area (Å²) in [6.07, 6.45) is 3.50. The van der Waals surface area contributed by atoms with Gasteiger partial charge in [0.1, 0.15) is 5.75 Å². The molecule has 0 aliphatic rings. The van der Waals surface area contributed by atoms with Gasteiger partial charge >= 0.3 is 0 Å². The summed E-state index contributed by atoms with van der Waals surface area (Å²) >= 11 is 1.63. The number of sulfonamides is 1. The van der Waals surface area contributed by atoms with Crippen molar-refractivity contribution in [3.8, 4) is 5.75 Å². The Morgan fingerprint density at radius 2 is 2.00 bits per heavy atom. The highest BCUT2D eigenvalue weighted by atomic mass is 32.2. The first-order chi connectivity index (χ1) is 10.0. The Kier molecular flexibility index (Phi) is 8.10. The molecule has 0 aliphatic heterocycles. The molecule has 1 aromatic carbocycles. The fourth-order valence-corrected chi connectivity index (χ4v) is 3.86. The van der Waals surface area contributed by atoms with Crippen molar-refractivity contribution in [1.29, 1.82) is 0 Å². The van der Waals surface area contributed by atoms with E-state index in [2.05, 4.69) is 4.72 Å². The highest BCUT2D eigenvalue weighted by Crippen LogP contribution is 2.17. The monoisotopic (exact) mass is 332 g/mol. The summed E-state index contributed by atoms with van der Waals surface area (Å²) in [7, 11) is -3.47. The lowest BCUT2D eigenvalue weighted by Gasteiger charge is -2.16. The largest absolute Gasteiger partial charge is 0.494 e. The molecule has 3 N–H and O–H groups in total. The first kappa shape index (κ1) is 18.3. The molecule has 5 nitrogen and oxygen atoms in total. The van der Waals surface area contributed by atoms with E-state index in [4.69, 9.17) is 10.5 Å². The van der Waals surface area contributed by atoms with Crippen molar-refractivity contribution in [2.24, 2.45) is 5.73 Å². The average molecular weight is 332 g/mol. The van der Waals surface area contributed by atoms with E-state index < -0.39 is 10.0 Å². The molecule has 0 saturated carbocycles. The maximum Gasteiger partial charge on any atom is 0.240 e. The van der Waals surface area contributed by atoms with Crippen molar-refractivity contribution in [2.45, 2.75) is 30.7 Å². The average Bonchev–Trinajstić information content (AvgIpc) is 2.47. The summed E-state index contributed by atoms with van der Waals surface area (Å²) in [6.45, 7) is 3.08. The van der Waals surface area contributed by atoms with Crippen LogP contribution in [0.2, 0.25) is 0 Å². The van der Waals surface area contributed by atoms with E-state index in [0.717, 1.165) is 18.6 Å². The van der Waals surface area contributed by atoms with Crippen LogP contribution in [0.25, 0.3) is 0 Å². The van der Waals surface area contributed by atoms with Crippen LogP contribution in [0, 0.1) is 0 Å². The van der Waals surface area contributed by atoms with E-state index in [1.165, 1.54) is 0 Å². The van der Waals surface area contributed by atoms with Crippen LogP contribution in [0.15, 0.2) is 29.2 Å². The van der Waals surface area contributed by atoms with E-state index in [-0.39, 0.29) is 10.9 Å². The molecule has 1 unspecified atom stereocenters. The van der Waals surface area contributed by atoms with Crippen LogP contribution in [-0.2, 0) is 10.0 Å². The molecule has 1 rings (SSSR count). The molecule has 1 atom stereocenters. The predicted octanol–water partition coefficient (Wildman–Crippen LogP) is 1.83. The van der Waals surface area contributed by atoms with Gasteiger partial charge in [-0.3, -0.25) is 0 Å². The molecule has 0 saturated heterocycles. The molecule has 0 spiro atoms. The molecule has 7 heteroatoms. The summed E-state index contributed by atoms with van der Waals surface area (Å²) < 4.78 is 32.7. The second-order valence-corrected chi connectivity index (χ2v) is 7.27. The standard InChI is InChI=1S/C14H24N2O3S2/c1-3-12(11-20-2)16-21(17,18)14-7-5-13(6-8-14)19-10-4-9-15/h5-8,12,16H,3-4,9-11,15H2,1-2H3. The molecule has 0 bridgehead atoms. The smallest absolute Gasteiger partial charge is 0.240 e. The number of nitrogens with two attached hydrogens (primary N) is 1. The van der Waals surface area contributed by atoms with E-state index >= 15 is 0 Å². The minimum atomic E-state index is -3.47. The first-order valence-electron chi connectivity index (χ1n) is 6.97. The lowest BCUT2D eigenvalue weighted by atomic mass is 10.3. The maximum atomic E-state index is 12.3. The molecule has 120 valence electrons. The van der Waals surface area contributed by atoms with Crippen LogP contribution in [0.1, 0.15) is 19.8 Å². The maximum absolute atomic E-state index is 12.3. The van der Waals surface area contributed by atoms with Crippen LogP contribution < -0.4 is 15.2 Å². The van der Waals surface area contributed by atoms with E-state index in [9.17, 15) is 8.42 Å². The normalized spacial score (nSPS) is 13.1. The van der Waals surface area contributed by atoms with Crippen molar-refractivity contribution >= 4 is 21.8 Å². The van der Waals surface area contributed by atoms with E-state index in [1.54, 1.807) is 36.0 Å². The van der Waals surface area contributed by atoms with Crippen molar-refractivity contribution in [3.05, 3.63) is 24.3 Å². The molecule has 0 aromatic heterocycles. The van der Waals surface area contributed by atoms with Crippen LogP contribution >= 0.6 is 11.8 Å². The Bertz CT molecular complexity index is 503. The van der Waals surface area contributed by atoms with Crippen molar-refractivity contribution in [2.75, 3.05) is 25.2 Å². The highest BCUT2D eigenvalue weighted by molar-refractivity contribution is 7.98. The first-order valence-corrected chi connectivity index (χ1v) is 9.85. The van der Waals surface area contributed by atoms with Gasteiger partial charge < -0.3 is 10.5 Å². The molecule has 0 radical (unpaired) electrons. The Balaban J connectivity index is 2.70. The third kappa shape index (κ3) is 6.25. The van der Waals surface area contributed by atoms with Gasteiger partial charge in [-0.05, 0) is 49.9 Å². The lowest BCUT2D eigenvalue weighted by molar-refractivity contribution is 0.313. The van der Waals surface area contributed by atoms with Gasteiger partial charge in [0.15, 0.2) is 0 Å². The number of hydrogen-bond donors (Lipinski definition) is 2. The van der Waals surface area contributed by atoms with Gasteiger partial charge in [-0.2, -0.15) is 11.8 Å². The van der Waals surface area contributed by atoms with E-state index in [0.29, 0.717) is 18.9 Å². The van der Waals surface area contributed by atoms with E-state index in [1.807, 2.05) is 13.2 Å². The van der Waals surface area contributed by atoms with Gasteiger partial charge in [0.25, 0.3) is 0 Å². The Labute approximate surface area is 131 Å². The Morgan fingerprint density at radius 3 is 2.52 bits per heavy atom. The number of rotatable bonds is 10. The minimum Gasteiger partial charge on any atom is -0.494 e. The second-order valence-electron chi connectivity index (χ2n) is 4.64. The molecule has 21 heavy (non-hydrogen) atoms. The number of thioether (sulfide) groups is 1. The molecular weight excluding hydrogens is 308 g/mol. The quantitative estimate of drug-likeness (QED) is 0.639. The molecular formula is C14H24N2O3S2. The zero-order valence-corrected chi connectivity index (χ0v) is 14.2. The van der Waals surface area contributed by atoms with Gasteiger partial charge in [0, 0.05) is 11.8 Å². The molecule has 0 heterocycles. The number of ether oxygens (including phenoxy) is 1. The SMILES string of the molecule is CCC(CSC)NS(=O)(=O)c1ccc(OCCCN)cc1. The van der Waals surface area contributed by atoms with Gasteiger partial charge in [0.2, 0.25) is 10.0 Å². The van der Waals surface area contributed by atoms with Crippen molar-refractivity contribution in [1.82, 2.24) is 4.72 Å². The summed E-state index contributed by atoms with van der Waals surface area (Å²) in [6, 6.07) is 6.41. The number of nitrogens with one attached hydrogen (secondary N) is 1. The van der Waals surface area contributed by atoms with Crippen LogP contribution in [0.3, 0.4) is 0 Å². The molecule has 0 amide bonds. The van der Waals surface area contributed by atoms with Gasteiger partial charge in [0.05, 0.1) is 11.5 Å².